The Kier molecular flexibility index (Phi) is 5.52. The van der Waals surface area contributed by atoms with Gasteiger partial charge in [0.25, 0.3) is 11.6 Å². The van der Waals surface area contributed by atoms with Gasteiger partial charge < -0.3 is 4.90 Å². The van der Waals surface area contributed by atoms with Gasteiger partial charge in [-0.1, -0.05) is 12.8 Å². The van der Waals surface area contributed by atoms with Gasteiger partial charge in [-0.25, -0.2) is 0 Å². The molecular weight excluding hydrogens is 312 g/mol. The zero-order valence-corrected chi connectivity index (χ0v) is 12.0. The summed E-state index contributed by atoms with van der Waals surface area (Å²) in [4.78, 5) is 24.0. The predicted molar refractivity (Wildman–Crippen MR) is 75.8 cm³/mol. The molecule has 0 saturated carbocycles. The molecule has 6 heteroatoms. The van der Waals surface area contributed by atoms with Crippen LogP contribution in [0.15, 0.2) is 22.7 Å². The molecule has 0 aliphatic heterocycles. The summed E-state index contributed by atoms with van der Waals surface area (Å²) in [6, 6.07) is 4.29. The second-order valence-electron chi connectivity index (χ2n) is 3.85. The minimum Gasteiger partial charge on any atom is -0.328 e. The highest BCUT2D eigenvalue weighted by Gasteiger charge is 2.19. The van der Waals surface area contributed by atoms with Crippen molar-refractivity contribution in [1.82, 2.24) is 4.90 Å². The maximum Gasteiger partial charge on any atom is 0.284 e. The normalized spacial score (nSPS) is 9.74. The number of amides is 1. The molecule has 5 nitrogen and oxygen atoms in total. The fourth-order valence-corrected chi connectivity index (χ4v) is 1.99. The highest BCUT2D eigenvalue weighted by atomic mass is 79.9. The van der Waals surface area contributed by atoms with Gasteiger partial charge >= 0.3 is 0 Å². The Labute approximate surface area is 119 Å². The number of carbonyl (C=O) groups excluding carboxylic acids is 1. The molecule has 0 aliphatic carbocycles. The van der Waals surface area contributed by atoms with Gasteiger partial charge in [0.05, 0.1) is 15.9 Å². The van der Waals surface area contributed by atoms with Crippen LogP contribution in [-0.4, -0.2) is 28.8 Å². The molecule has 100 valence electrons. The summed E-state index contributed by atoms with van der Waals surface area (Å²) < 4.78 is 0.341. The van der Waals surface area contributed by atoms with E-state index < -0.39 is 4.92 Å². The van der Waals surface area contributed by atoms with E-state index in [4.69, 9.17) is 6.42 Å². The zero-order valence-electron chi connectivity index (χ0n) is 10.4. The van der Waals surface area contributed by atoms with Crippen molar-refractivity contribution in [2.45, 2.75) is 13.3 Å². The van der Waals surface area contributed by atoms with Gasteiger partial charge in [-0.3, -0.25) is 14.9 Å². The summed E-state index contributed by atoms with van der Waals surface area (Å²) in [6.45, 7) is 2.64. The van der Waals surface area contributed by atoms with Gasteiger partial charge in [-0.15, -0.1) is 6.42 Å². The average molecular weight is 325 g/mol. The second-order valence-corrected chi connectivity index (χ2v) is 4.71. The summed E-state index contributed by atoms with van der Waals surface area (Å²) in [7, 11) is 0. The number of hydrogen-bond acceptors (Lipinski definition) is 3. The van der Waals surface area contributed by atoms with E-state index in [1.165, 1.54) is 17.0 Å². The van der Waals surface area contributed by atoms with E-state index in [1.807, 2.05) is 6.92 Å². The SMILES string of the molecule is C#CCN(CCC)C(=O)c1ccc(Br)c([N+](=O)[O-])c1. The van der Waals surface area contributed by atoms with Crippen molar-refractivity contribution < 1.29 is 9.72 Å². The van der Waals surface area contributed by atoms with Crippen molar-refractivity contribution in [3.05, 3.63) is 38.3 Å². The number of halogens is 1. The van der Waals surface area contributed by atoms with Crippen LogP contribution in [0.4, 0.5) is 5.69 Å². The van der Waals surface area contributed by atoms with Gasteiger partial charge in [-0.2, -0.15) is 0 Å². The summed E-state index contributed by atoms with van der Waals surface area (Å²) in [5, 5.41) is 10.8. The molecule has 0 aliphatic rings. The first-order chi connectivity index (χ1) is 9.01. The van der Waals surface area contributed by atoms with Crippen molar-refractivity contribution in [1.29, 1.82) is 0 Å². The molecule has 1 aromatic rings. The van der Waals surface area contributed by atoms with E-state index >= 15 is 0 Å². The summed E-state index contributed by atoms with van der Waals surface area (Å²) in [5.41, 5.74) is 0.126. The maximum absolute atomic E-state index is 12.2. The van der Waals surface area contributed by atoms with Crippen LogP contribution < -0.4 is 0 Å². The topological polar surface area (TPSA) is 63.5 Å². The van der Waals surface area contributed by atoms with E-state index in [9.17, 15) is 14.9 Å². The molecular formula is C13H13BrN2O3. The molecule has 0 N–H and O–H groups in total. The fraction of sp³-hybridized carbons (Fsp3) is 0.308. The maximum atomic E-state index is 12.2. The van der Waals surface area contributed by atoms with E-state index in [-0.39, 0.29) is 23.7 Å². The fourth-order valence-electron chi connectivity index (χ4n) is 1.60. The molecule has 1 aromatic carbocycles. The molecule has 0 aromatic heterocycles. The van der Waals surface area contributed by atoms with Gasteiger partial charge in [0.2, 0.25) is 0 Å². The molecule has 0 saturated heterocycles. The van der Waals surface area contributed by atoms with Crippen LogP contribution in [-0.2, 0) is 0 Å². The summed E-state index contributed by atoms with van der Waals surface area (Å²) >= 11 is 3.08. The van der Waals surface area contributed by atoms with Crippen LogP contribution >= 0.6 is 15.9 Å². The van der Waals surface area contributed by atoms with Crippen LogP contribution in [0, 0.1) is 22.5 Å². The van der Waals surface area contributed by atoms with Crippen molar-refractivity contribution in [2.75, 3.05) is 13.1 Å². The lowest BCUT2D eigenvalue weighted by Crippen LogP contribution is -2.32. The third-order valence-electron chi connectivity index (χ3n) is 2.45. The Morgan fingerprint density at radius 1 is 1.58 bits per heavy atom. The molecule has 0 fully saturated rings. The molecule has 1 amide bonds. The third kappa shape index (κ3) is 3.80. The smallest absolute Gasteiger partial charge is 0.284 e. The highest BCUT2D eigenvalue weighted by Crippen LogP contribution is 2.26. The van der Waals surface area contributed by atoms with Crippen LogP contribution in [0.25, 0.3) is 0 Å². The number of carbonyl (C=O) groups is 1. The quantitative estimate of drug-likeness (QED) is 0.475. The van der Waals surface area contributed by atoms with Crippen LogP contribution in [0.5, 0.6) is 0 Å². The Bertz CT molecular complexity index is 537. The van der Waals surface area contributed by atoms with Crippen molar-refractivity contribution in [3.63, 3.8) is 0 Å². The Morgan fingerprint density at radius 2 is 2.26 bits per heavy atom. The van der Waals surface area contributed by atoms with Crippen molar-refractivity contribution in [2.24, 2.45) is 0 Å². The van der Waals surface area contributed by atoms with Crippen molar-refractivity contribution >= 4 is 27.5 Å². The van der Waals surface area contributed by atoms with Gasteiger partial charge in [-0.05, 0) is 34.5 Å². The lowest BCUT2D eigenvalue weighted by atomic mass is 10.1. The summed E-state index contributed by atoms with van der Waals surface area (Å²) in [5.74, 6) is 2.12. The van der Waals surface area contributed by atoms with Gasteiger partial charge in [0, 0.05) is 18.2 Å². The van der Waals surface area contributed by atoms with E-state index in [1.54, 1.807) is 6.07 Å². The predicted octanol–water partition coefficient (Wildman–Crippen LogP) is 2.84. The second kappa shape index (κ2) is 6.90. The zero-order chi connectivity index (χ0) is 14.4. The third-order valence-corrected chi connectivity index (χ3v) is 3.12. The Hall–Kier alpha value is -1.87. The monoisotopic (exact) mass is 324 g/mol. The van der Waals surface area contributed by atoms with E-state index in [0.29, 0.717) is 11.0 Å². The highest BCUT2D eigenvalue weighted by molar-refractivity contribution is 9.10. The molecule has 19 heavy (non-hydrogen) atoms. The largest absolute Gasteiger partial charge is 0.328 e. The molecule has 0 atom stereocenters. The number of terminal acetylenes is 1. The molecule has 0 heterocycles. The first kappa shape index (κ1) is 15.2. The van der Waals surface area contributed by atoms with Crippen LogP contribution in [0.3, 0.4) is 0 Å². The minimum absolute atomic E-state index is 0.136. The van der Waals surface area contributed by atoms with Crippen LogP contribution in [0.2, 0.25) is 0 Å². The molecule has 0 radical (unpaired) electrons. The number of nitrogens with zero attached hydrogens (tertiary/aromatic N) is 2. The van der Waals surface area contributed by atoms with Crippen molar-refractivity contribution in [3.8, 4) is 12.3 Å². The number of rotatable bonds is 5. The number of nitro groups is 1. The first-order valence-corrected chi connectivity index (χ1v) is 6.47. The molecule has 1 rings (SSSR count). The first-order valence-electron chi connectivity index (χ1n) is 5.68. The summed E-state index contributed by atoms with van der Waals surface area (Å²) in [6.07, 6.45) is 5.99. The minimum atomic E-state index is -0.536. The lowest BCUT2D eigenvalue weighted by Gasteiger charge is -2.19. The van der Waals surface area contributed by atoms with Crippen LogP contribution in [0.1, 0.15) is 23.7 Å². The van der Waals surface area contributed by atoms with Gasteiger partial charge in [0.15, 0.2) is 0 Å². The van der Waals surface area contributed by atoms with Gasteiger partial charge in [0.1, 0.15) is 0 Å². The number of nitro benzene ring substituents is 1. The Balaban J connectivity index is 3.08. The Morgan fingerprint density at radius 3 is 2.79 bits per heavy atom. The number of hydrogen-bond donors (Lipinski definition) is 0. The number of benzene rings is 1. The average Bonchev–Trinajstić information content (AvgIpc) is 2.38. The molecule has 0 bridgehead atoms. The standard InChI is InChI=1S/C13H13BrN2O3/c1-3-7-15(8-4-2)13(17)10-5-6-11(14)12(9-10)16(18)19/h1,5-6,9H,4,7-8H2,2H3. The lowest BCUT2D eigenvalue weighted by molar-refractivity contribution is -0.385. The molecule has 0 unspecified atom stereocenters. The molecule has 0 spiro atoms. The van der Waals surface area contributed by atoms with E-state index in [2.05, 4.69) is 21.9 Å². The van der Waals surface area contributed by atoms with E-state index in [0.717, 1.165) is 6.42 Å².